The molecule has 0 saturated heterocycles. The molecular weight excluding hydrogens is 479 g/mol. The molecule has 0 N–H and O–H groups in total. The Labute approximate surface area is 212 Å². The van der Waals surface area contributed by atoms with Crippen molar-refractivity contribution < 1.29 is 23.4 Å². The van der Waals surface area contributed by atoms with E-state index in [9.17, 15) is 4.79 Å². The van der Waals surface area contributed by atoms with Crippen molar-refractivity contribution in [2.45, 2.75) is 45.8 Å². The quantitative estimate of drug-likeness (QED) is 0.375. The van der Waals surface area contributed by atoms with Gasteiger partial charge in [0, 0.05) is 22.4 Å². The van der Waals surface area contributed by atoms with Crippen molar-refractivity contribution in [1.82, 2.24) is 24.6 Å². The summed E-state index contributed by atoms with van der Waals surface area (Å²) < 4.78 is 34.9. The lowest BCUT2D eigenvalue weighted by Gasteiger charge is -2.29. The van der Waals surface area contributed by atoms with Crippen molar-refractivity contribution >= 4 is 17.6 Å². The maximum atomic E-state index is 15.3. The lowest BCUT2D eigenvalue weighted by molar-refractivity contribution is 0.0574. The fourth-order valence-electron chi connectivity index (χ4n) is 4.76. The molecule has 0 unspecified atom stereocenters. The first-order valence-electron chi connectivity index (χ1n) is 11.9. The molecule has 0 saturated carbocycles. The monoisotopic (exact) mass is 504 g/mol. The Morgan fingerprint density at radius 1 is 1.14 bits per heavy atom. The number of halogens is 1. The molecule has 3 aromatic heterocycles. The second-order valence-corrected chi connectivity index (χ2v) is 10.1. The Bertz CT molecular complexity index is 1550. The zero-order valence-corrected chi connectivity index (χ0v) is 20.9. The Balaban J connectivity index is 1.60. The van der Waals surface area contributed by atoms with Gasteiger partial charge in [-0.1, -0.05) is 0 Å². The summed E-state index contributed by atoms with van der Waals surface area (Å²) in [6, 6.07) is 6.59. The molecule has 10 nitrogen and oxygen atoms in total. The number of hydrogen-bond acceptors (Lipinski definition) is 8. The minimum atomic E-state index is -0.788. The Kier molecular flexibility index (Phi) is 5.25. The average Bonchev–Trinajstić information content (AvgIpc) is 3.48. The van der Waals surface area contributed by atoms with Gasteiger partial charge in [0.1, 0.15) is 29.8 Å². The van der Waals surface area contributed by atoms with Crippen molar-refractivity contribution in [2.75, 3.05) is 18.1 Å². The zero-order chi connectivity index (χ0) is 25.9. The largest absolute Gasteiger partial charge is 0.493 e. The molecule has 1 amide bonds. The number of rotatable bonds is 1. The van der Waals surface area contributed by atoms with Crippen molar-refractivity contribution in [3.63, 3.8) is 0 Å². The number of pyridine rings is 1. The molecule has 1 aromatic carbocycles. The van der Waals surface area contributed by atoms with Crippen LogP contribution in [0.15, 0.2) is 36.9 Å². The highest BCUT2D eigenvalue weighted by atomic mass is 19.1. The van der Waals surface area contributed by atoms with Crippen LogP contribution < -0.4 is 14.4 Å². The molecule has 0 fully saturated rings. The molecule has 0 radical (unpaired) electrons. The molecular formula is C26H25FN6O4. The molecule has 0 bridgehead atoms. The lowest BCUT2D eigenvalue weighted by Crippen LogP contribution is -2.38. The van der Waals surface area contributed by atoms with E-state index in [2.05, 4.69) is 20.2 Å². The normalized spacial score (nSPS) is 16.7. The Hall–Kier alpha value is -4.28. The van der Waals surface area contributed by atoms with E-state index in [1.165, 1.54) is 23.6 Å². The third-order valence-corrected chi connectivity index (χ3v) is 6.33. The number of benzene rings is 1. The molecule has 2 aliphatic heterocycles. The first-order chi connectivity index (χ1) is 17.7. The van der Waals surface area contributed by atoms with Crippen LogP contribution in [-0.2, 0) is 11.3 Å². The van der Waals surface area contributed by atoms with E-state index >= 15 is 4.39 Å². The van der Waals surface area contributed by atoms with Gasteiger partial charge in [0.2, 0.25) is 0 Å². The molecule has 11 heteroatoms. The van der Waals surface area contributed by atoms with Crippen molar-refractivity contribution in [2.24, 2.45) is 0 Å². The first kappa shape index (κ1) is 23.1. The summed E-state index contributed by atoms with van der Waals surface area (Å²) in [5.41, 5.74) is 2.79. The molecule has 0 aliphatic carbocycles. The highest BCUT2D eigenvalue weighted by Gasteiger charge is 2.37. The Morgan fingerprint density at radius 2 is 1.92 bits per heavy atom. The van der Waals surface area contributed by atoms with Crippen molar-refractivity contribution in [3.8, 4) is 22.8 Å². The minimum Gasteiger partial charge on any atom is -0.493 e. The van der Waals surface area contributed by atoms with Gasteiger partial charge in [-0.15, -0.1) is 10.2 Å². The number of hydrogen-bond donors (Lipinski definition) is 0. The second-order valence-electron chi connectivity index (χ2n) is 10.1. The van der Waals surface area contributed by atoms with Crippen LogP contribution in [0.5, 0.6) is 11.5 Å². The van der Waals surface area contributed by atoms with E-state index in [1.807, 2.05) is 13.0 Å². The van der Waals surface area contributed by atoms with Gasteiger partial charge in [-0.05, 0) is 52.0 Å². The number of nitrogens with zero attached hydrogens (tertiary/aromatic N) is 6. The number of carbonyl (C=O) groups excluding carboxylic acids is 1. The molecule has 4 aromatic rings. The zero-order valence-electron chi connectivity index (χ0n) is 20.9. The summed E-state index contributed by atoms with van der Waals surface area (Å²) in [5, 5.41) is 8.41. The summed E-state index contributed by atoms with van der Waals surface area (Å²) in [4.78, 5) is 23.6. The van der Waals surface area contributed by atoms with Crippen molar-refractivity contribution in [1.29, 1.82) is 0 Å². The molecule has 190 valence electrons. The lowest BCUT2D eigenvalue weighted by atomic mass is 9.95. The van der Waals surface area contributed by atoms with Gasteiger partial charge < -0.3 is 14.2 Å². The minimum absolute atomic E-state index is 0.0978. The fourth-order valence-corrected chi connectivity index (χ4v) is 4.76. The van der Waals surface area contributed by atoms with Gasteiger partial charge in [-0.3, -0.25) is 9.30 Å². The van der Waals surface area contributed by atoms with Crippen LogP contribution in [0.2, 0.25) is 0 Å². The third kappa shape index (κ3) is 4.00. The predicted octanol–water partition coefficient (Wildman–Crippen LogP) is 4.44. The maximum Gasteiger partial charge on any atom is 0.416 e. The fraction of sp³-hybridized carbons (Fsp3) is 0.346. The van der Waals surface area contributed by atoms with Crippen LogP contribution in [-0.4, -0.2) is 49.5 Å². The number of ether oxygens (including phenoxy) is 3. The molecule has 1 atom stereocenters. The van der Waals surface area contributed by atoms with Crippen LogP contribution in [0.3, 0.4) is 0 Å². The first-order valence-corrected chi connectivity index (χ1v) is 11.9. The summed E-state index contributed by atoms with van der Waals surface area (Å²) in [7, 11) is 0. The molecule has 37 heavy (non-hydrogen) atoms. The van der Waals surface area contributed by atoms with Crippen LogP contribution >= 0.6 is 0 Å². The highest BCUT2D eigenvalue weighted by Crippen LogP contribution is 2.43. The smallest absolute Gasteiger partial charge is 0.416 e. The van der Waals surface area contributed by atoms with Gasteiger partial charge in [-0.25, -0.2) is 19.2 Å². The van der Waals surface area contributed by atoms with Gasteiger partial charge in [0.15, 0.2) is 17.2 Å². The summed E-state index contributed by atoms with van der Waals surface area (Å²) in [6.45, 7) is 7.66. The summed E-state index contributed by atoms with van der Waals surface area (Å²) in [5.74, 6) is 0.660. The van der Waals surface area contributed by atoms with Crippen molar-refractivity contribution in [3.05, 3.63) is 59.6 Å². The van der Waals surface area contributed by atoms with E-state index in [0.717, 1.165) is 5.69 Å². The second kappa shape index (κ2) is 8.39. The van der Waals surface area contributed by atoms with E-state index in [4.69, 9.17) is 14.2 Å². The van der Waals surface area contributed by atoms with Crippen LogP contribution in [0.4, 0.5) is 15.0 Å². The third-order valence-electron chi connectivity index (χ3n) is 6.33. The standard InChI is InChI=1S/C26H25FN6O4/c1-14-7-19(29-12-28-14)16-8-21-24(33-13-30-31-23(16)33)32(25(34)37-26(2,3)4)9-17-18(27)5-6-20-22(17)15(10-35-20)11-36-21/h5-8,12-13,15H,9-11H2,1-4H3/t15-/m1/s1. The number of anilines is 1. The number of amides is 1. The van der Waals surface area contributed by atoms with Crippen LogP contribution in [0.25, 0.3) is 16.9 Å². The molecule has 2 aliphatic rings. The summed E-state index contributed by atoms with van der Waals surface area (Å²) >= 11 is 0. The van der Waals surface area contributed by atoms with Crippen LogP contribution in [0, 0.1) is 12.7 Å². The number of fused-ring (bicyclic) bond motifs is 3. The van der Waals surface area contributed by atoms with E-state index in [0.29, 0.717) is 52.0 Å². The highest BCUT2D eigenvalue weighted by molar-refractivity contribution is 5.91. The maximum absolute atomic E-state index is 15.3. The van der Waals surface area contributed by atoms with Gasteiger partial charge in [-0.2, -0.15) is 0 Å². The van der Waals surface area contributed by atoms with Crippen LogP contribution in [0.1, 0.15) is 43.5 Å². The van der Waals surface area contributed by atoms with Gasteiger partial charge in [0.05, 0.1) is 31.4 Å². The molecule has 0 spiro atoms. The molecule has 5 heterocycles. The van der Waals surface area contributed by atoms with E-state index in [1.54, 1.807) is 37.3 Å². The van der Waals surface area contributed by atoms with Gasteiger partial charge in [0.25, 0.3) is 0 Å². The topological polar surface area (TPSA) is 104 Å². The predicted molar refractivity (Wildman–Crippen MR) is 131 cm³/mol. The van der Waals surface area contributed by atoms with E-state index < -0.39 is 17.5 Å². The Morgan fingerprint density at radius 3 is 2.68 bits per heavy atom. The average molecular weight is 505 g/mol. The SMILES string of the molecule is Cc1cc(-c2cc3c(n4cnnc24)N(C(=O)OC(C)(C)C)Cc2c(F)ccc4c2[C@H](CO4)CO3)ncn1. The number of aryl methyl sites for hydroxylation is 1. The number of carbonyl (C=O) groups is 1. The number of aromatic nitrogens is 5. The summed E-state index contributed by atoms with van der Waals surface area (Å²) in [6.07, 6.45) is 2.31. The molecule has 6 rings (SSSR count). The van der Waals surface area contributed by atoms with Gasteiger partial charge >= 0.3 is 6.09 Å². The van der Waals surface area contributed by atoms with E-state index in [-0.39, 0.29) is 19.1 Å².